The third-order valence-electron chi connectivity index (χ3n) is 3.99. The van der Waals surface area contributed by atoms with Crippen LogP contribution in [0, 0.1) is 5.82 Å². The molecule has 5 nitrogen and oxygen atoms in total. The zero-order valence-electron chi connectivity index (χ0n) is 11.5. The molecule has 1 aliphatic carbocycles. The van der Waals surface area contributed by atoms with Gasteiger partial charge in [0.05, 0.1) is 0 Å². The topological polar surface area (TPSA) is 76.3 Å². The number of nitrogens with zero attached hydrogens (tertiary/aromatic N) is 2. The number of sulfonamides is 1. The van der Waals surface area contributed by atoms with Crippen LogP contribution < -0.4 is 5.73 Å². The Hall–Kier alpha value is -1.05. The monoisotopic (exact) mass is 301 g/mol. The Morgan fingerprint density at radius 2 is 2.10 bits per heavy atom. The normalized spacial score (nSPS) is 18.6. The van der Waals surface area contributed by atoms with Gasteiger partial charge in [0.15, 0.2) is 5.82 Å². The highest BCUT2D eigenvalue weighted by Crippen LogP contribution is 2.37. The second kappa shape index (κ2) is 5.75. The largest absolute Gasteiger partial charge is 0.329 e. The number of pyridine rings is 1. The maximum Gasteiger partial charge on any atom is 0.264 e. The summed E-state index contributed by atoms with van der Waals surface area (Å²) in [6.07, 6.45) is 4.59. The molecular formula is C13H20FN3O2S. The third-order valence-corrected chi connectivity index (χ3v) is 6.00. The molecule has 1 aromatic rings. The van der Waals surface area contributed by atoms with E-state index in [0.717, 1.165) is 18.9 Å². The summed E-state index contributed by atoms with van der Waals surface area (Å²) in [7, 11) is -3.97. The van der Waals surface area contributed by atoms with E-state index in [1.54, 1.807) is 6.92 Å². The number of hydrogen-bond donors (Lipinski definition) is 1. The van der Waals surface area contributed by atoms with Crippen LogP contribution in [0.1, 0.15) is 32.6 Å². The minimum atomic E-state index is -3.97. The van der Waals surface area contributed by atoms with Crippen LogP contribution in [0.2, 0.25) is 0 Å². The Morgan fingerprint density at radius 1 is 1.45 bits per heavy atom. The first-order valence-electron chi connectivity index (χ1n) is 6.81. The first-order valence-corrected chi connectivity index (χ1v) is 8.25. The summed E-state index contributed by atoms with van der Waals surface area (Å²) < 4.78 is 40.5. The number of aromatic nitrogens is 1. The molecule has 2 N–H and O–H groups in total. The van der Waals surface area contributed by atoms with Crippen molar-refractivity contribution in [2.45, 2.75) is 43.2 Å². The maximum absolute atomic E-state index is 13.8. The van der Waals surface area contributed by atoms with Gasteiger partial charge < -0.3 is 5.73 Å². The molecule has 112 valence electrons. The summed E-state index contributed by atoms with van der Waals surface area (Å²) in [6.45, 7) is 2.25. The fraction of sp³-hybridized carbons (Fsp3) is 0.615. The summed E-state index contributed by atoms with van der Waals surface area (Å²) in [4.78, 5) is 3.71. The van der Waals surface area contributed by atoms with Crippen LogP contribution in [0.15, 0.2) is 23.4 Å². The summed E-state index contributed by atoms with van der Waals surface area (Å²) in [5.41, 5.74) is 5.24. The molecule has 1 aliphatic rings. The Balaban J connectivity index is 2.48. The van der Waals surface area contributed by atoms with Crippen LogP contribution in [0.25, 0.3) is 0 Å². The molecule has 0 unspecified atom stereocenters. The van der Waals surface area contributed by atoms with Crippen molar-refractivity contribution >= 4 is 10.0 Å². The van der Waals surface area contributed by atoms with Gasteiger partial charge in [-0.3, -0.25) is 0 Å². The molecule has 0 amide bonds. The van der Waals surface area contributed by atoms with E-state index in [-0.39, 0.29) is 13.1 Å². The van der Waals surface area contributed by atoms with Gasteiger partial charge in [0, 0.05) is 24.8 Å². The first-order chi connectivity index (χ1) is 9.48. The predicted molar refractivity (Wildman–Crippen MR) is 74.0 cm³/mol. The summed E-state index contributed by atoms with van der Waals surface area (Å²) in [5, 5.41) is -0.512. The summed E-state index contributed by atoms with van der Waals surface area (Å²) in [5.74, 6) is -0.823. The number of halogens is 1. The molecule has 0 aliphatic heterocycles. The molecule has 1 aromatic heterocycles. The van der Waals surface area contributed by atoms with Crippen LogP contribution in [0.5, 0.6) is 0 Å². The van der Waals surface area contributed by atoms with Crippen molar-refractivity contribution in [2.75, 3.05) is 13.1 Å². The molecule has 0 atom stereocenters. The lowest BCUT2D eigenvalue weighted by molar-refractivity contribution is 0.204. The summed E-state index contributed by atoms with van der Waals surface area (Å²) >= 11 is 0. The average Bonchev–Trinajstić information content (AvgIpc) is 2.89. The van der Waals surface area contributed by atoms with E-state index in [2.05, 4.69) is 4.98 Å². The van der Waals surface area contributed by atoms with Gasteiger partial charge in [-0.2, -0.15) is 4.31 Å². The maximum atomic E-state index is 13.8. The number of nitrogens with two attached hydrogens (primary N) is 1. The average molecular weight is 301 g/mol. The Bertz CT molecular complexity index is 571. The van der Waals surface area contributed by atoms with E-state index >= 15 is 0 Å². The van der Waals surface area contributed by atoms with E-state index < -0.39 is 26.4 Å². The van der Waals surface area contributed by atoms with Crippen molar-refractivity contribution in [2.24, 2.45) is 5.73 Å². The van der Waals surface area contributed by atoms with E-state index in [9.17, 15) is 12.8 Å². The Morgan fingerprint density at radius 3 is 2.60 bits per heavy atom. The molecule has 0 saturated heterocycles. The van der Waals surface area contributed by atoms with Gasteiger partial charge in [0.25, 0.3) is 10.0 Å². The lowest BCUT2D eigenvalue weighted by atomic mass is 9.98. The van der Waals surface area contributed by atoms with Crippen molar-refractivity contribution in [3.05, 3.63) is 24.1 Å². The lowest BCUT2D eigenvalue weighted by Gasteiger charge is -2.38. The van der Waals surface area contributed by atoms with Gasteiger partial charge >= 0.3 is 0 Å². The van der Waals surface area contributed by atoms with Crippen LogP contribution in [0.4, 0.5) is 4.39 Å². The molecule has 0 radical (unpaired) electrons. The number of hydrogen-bond acceptors (Lipinski definition) is 4. The quantitative estimate of drug-likeness (QED) is 0.894. The van der Waals surface area contributed by atoms with Crippen LogP contribution in [-0.2, 0) is 10.0 Å². The molecule has 1 heterocycles. The molecular weight excluding hydrogens is 281 g/mol. The number of rotatable bonds is 5. The zero-order valence-corrected chi connectivity index (χ0v) is 12.4. The third kappa shape index (κ3) is 2.45. The van der Waals surface area contributed by atoms with Crippen molar-refractivity contribution in [3.8, 4) is 0 Å². The molecule has 20 heavy (non-hydrogen) atoms. The van der Waals surface area contributed by atoms with Crippen molar-refractivity contribution in [3.63, 3.8) is 0 Å². The lowest BCUT2D eigenvalue weighted by Crippen LogP contribution is -2.54. The Labute approximate surface area is 119 Å². The summed E-state index contributed by atoms with van der Waals surface area (Å²) in [6, 6.07) is 2.48. The first kappa shape index (κ1) is 15.3. The van der Waals surface area contributed by atoms with Crippen molar-refractivity contribution in [1.29, 1.82) is 0 Å². The standard InChI is InChI=1S/C13H20FN3O2S/c1-2-17(13(10-15)7-3-4-8-13)20(18,19)12-11(14)6-5-9-16-12/h5-6,9H,2-4,7-8,10,15H2,1H3. The van der Waals surface area contributed by atoms with Crippen molar-refractivity contribution < 1.29 is 12.8 Å². The fourth-order valence-electron chi connectivity index (χ4n) is 3.01. The van der Waals surface area contributed by atoms with Crippen LogP contribution in [0.3, 0.4) is 0 Å². The second-order valence-corrected chi connectivity index (χ2v) is 6.87. The van der Waals surface area contributed by atoms with E-state index in [1.165, 1.54) is 16.6 Å². The van der Waals surface area contributed by atoms with Gasteiger partial charge in [-0.05, 0) is 25.0 Å². The zero-order chi connectivity index (χ0) is 14.8. The van der Waals surface area contributed by atoms with E-state index in [4.69, 9.17) is 5.73 Å². The number of likely N-dealkylation sites (N-methyl/N-ethyl adjacent to an activating group) is 1. The highest BCUT2D eigenvalue weighted by Gasteiger charge is 2.45. The SMILES string of the molecule is CCN(C1(CN)CCCC1)S(=O)(=O)c1ncccc1F. The fourth-order valence-corrected chi connectivity index (χ4v) is 4.84. The van der Waals surface area contributed by atoms with E-state index in [1.807, 2.05) is 0 Å². The molecule has 0 aromatic carbocycles. The van der Waals surface area contributed by atoms with Gasteiger partial charge in [-0.1, -0.05) is 19.8 Å². The highest BCUT2D eigenvalue weighted by molar-refractivity contribution is 7.89. The highest BCUT2D eigenvalue weighted by atomic mass is 32.2. The second-order valence-electron chi connectivity index (χ2n) is 5.10. The van der Waals surface area contributed by atoms with Gasteiger partial charge in [0.1, 0.15) is 0 Å². The van der Waals surface area contributed by atoms with E-state index in [0.29, 0.717) is 12.8 Å². The smallest absolute Gasteiger partial charge is 0.264 e. The van der Waals surface area contributed by atoms with Gasteiger partial charge in [-0.25, -0.2) is 17.8 Å². The minimum absolute atomic E-state index is 0.245. The Kier molecular flexibility index (Phi) is 4.41. The van der Waals surface area contributed by atoms with Gasteiger partial charge in [0.2, 0.25) is 5.03 Å². The molecule has 0 bridgehead atoms. The molecule has 1 fully saturated rings. The molecule has 0 spiro atoms. The molecule has 1 saturated carbocycles. The molecule has 7 heteroatoms. The molecule has 2 rings (SSSR count). The van der Waals surface area contributed by atoms with Gasteiger partial charge in [-0.15, -0.1) is 0 Å². The minimum Gasteiger partial charge on any atom is -0.329 e. The predicted octanol–water partition coefficient (Wildman–Crippen LogP) is 1.50. The van der Waals surface area contributed by atoms with Crippen LogP contribution in [-0.4, -0.2) is 36.3 Å². The van der Waals surface area contributed by atoms with Crippen molar-refractivity contribution in [1.82, 2.24) is 9.29 Å². The van der Waals surface area contributed by atoms with Crippen LogP contribution >= 0.6 is 0 Å².